The van der Waals surface area contributed by atoms with E-state index in [0.717, 1.165) is 16.0 Å². The topological polar surface area (TPSA) is 75.2 Å². The number of likely N-dealkylation sites (tertiary alicyclic amines) is 1. The van der Waals surface area contributed by atoms with Gasteiger partial charge in [0.2, 0.25) is 5.91 Å². The highest BCUT2D eigenvalue weighted by molar-refractivity contribution is 6.30. The zero-order valence-corrected chi connectivity index (χ0v) is 11.8. The molecule has 6 nitrogen and oxygen atoms in total. The third-order valence-corrected chi connectivity index (χ3v) is 3.78. The molecule has 1 fully saturated rings. The van der Waals surface area contributed by atoms with Crippen molar-refractivity contribution in [2.75, 3.05) is 12.4 Å². The summed E-state index contributed by atoms with van der Waals surface area (Å²) in [5.41, 5.74) is 1.68. The molecule has 1 unspecified atom stereocenters. The Morgan fingerprint density at radius 2 is 1.95 bits per heavy atom. The van der Waals surface area contributed by atoms with Crippen LogP contribution in [0.4, 0.5) is 5.82 Å². The van der Waals surface area contributed by atoms with E-state index in [1.54, 1.807) is 0 Å². The molecule has 2 rings (SSSR count). The molecular formula is C12H15ClN4O2. The van der Waals surface area contributed by atoms with Gasteiger partial charge in [0.05, 0.1) is 0 Å². The van der Waals surface area contributed by atoms with Crippen molar-refractivity contribution < 1.29 is 9.59 Å². The summed E-state index contributed by atoms with van der Waals surface area (Å²) in [5.74, 6) is 0.131. The minimum Gasteiger partial charge on any atom is -0.357 e. The first kappa shape index (κ1) is 13.7. The molecule has 1 aliphatic rings. The number of amides is 2. The lowest BCUT2D eigenvalue weighted by Gasteiger charge is -2.28. The molecule has 2 amide bonds. The minimum absolute atomic E-state index is 0.154. The molecular weight excluding hydrogens is 268 g/mol. The quantitative estimate of drug-likeness (QED) is 0.828. The Morgan fingerprint density at radius 1 is 1.26 bits per heavy atom. The summed E-state index contributed by atoms with van der Waals surface area (Å²) >= 11 is 5.88. The van der Waals surface area contributed by atoms with Crippen molar-refractivity contribution in [3.8, 4) is 0 Å². The van der Waals surface area contributed by atoms with Gasteiger partial charge >= 0.3 is 0 Å². The molecule has 1 aromatic heterocycles. The number of piperidine rings is 1. The average molecular weight is 283 g/mol. The van der Waals surface area contributed by atoms with E-state index in [9.17, 15) is 9.59 Å². The Hall–Kier alpha value is -1.69. The van der Waals surface area contributed by atoms with Crippen LogP contribution in [-0.4, -0.2) is 40.0 Å². The van der Waals surface area contributed by atoms with E-state index in [0.29, 0.717) is 23.8 Å². The van der Waals surface area contributed by atoms with Gasteiger partial charge in [-0.05, 0) is 31.4 Å². The van der Waals surface area contributed by atoms with Gasteiger partial charge in [-0.25, -0.2) is 0 Å². The Labute approximate surface area is 116 Å². The van der Waals surface area contributed by atoms with Gasteiger partial charge in [-0.15, -0.1) is 10.2 Å². The predicted octanol–water partition coefficient (Wildman–Crippen LogP) is 1.31. The highest BCUT2D eigenvalue weighted by Crippen LogP contribution is 2.23. The van der Waals surface area contributed by atoms with Gasteiger partial charge in [0, 0.05) is 13.5 Å². The number of aromatic nitrogens is 2. The van der Waals surface area contributed by atoms with Crippen molar-refractivity contribution in [1.29, 1.82) is 0 Å². The molecule has 1 atom stereocenters. The minimum atomic E-state index is -0.448. The number of carbonyl (C=O) groups excluding carboxylic acids is 2. The fourth-order valence-electron chi connectivity index (χ4n) is 1.93. The second-order valence-corrected chi connectivity index (χ2v) is 4.97. The van der Waals surface area contributed by atoms with Crippen LogP contribution in [0.5, 0.6) is 0 Å². The first-order valence-corrected chi connectivity index (χ1v) is 6.36. The second-order valence-electron chi connectivity index (χ2n) is 4.62. The molecule has 102 valence electrons. The third kappa shape index (κ3) is 2.53. The van der Waals surface area contributed by atoms with Crippen LogP contribution in [0.2, 0.25) is 5.15 Å². The molecule has 7 heteroatoms. The molecule has 1 saturated heterocycles. The van der Waals surface area contributed by atoms with Crippen LogP contribution in [0.15, 0.2) is 0 Å². The molecule has 0 radical (unpaired) electrons. The van der Waals surface area contributed by atoms with Gasteiger partial charge in [-0.3, -0.25) is 14.5 Å². The SMILES string of the molecule is Cc1c(Cl)nnc(NC2CCC(=O)N(C)C2=O)c1C. The molecule has 19 heavy (non-hydrogen) atoms. The molecule has 2 heterocycles. The predicted molar refractivity (Wildman–Crippen MR) is 70.9 cm³/mol. The lowest BCUT2D eigenvalue weighted by atomic mass is 10.0. The molecule has 0 bridgehead atoms. The lowest BCUT2D eigenvalue weighted by Crippen LogP contribution is -2.48. The smallest absolute Gasteiger partial charge is 0.251 e. The van der Waals surface area contributed by atoms with Crippen molar-refractivity contribution in [3.63, 3.8) is 0 Å². The van der Waals surface area contributed by atoms with Crippen molar-refractivity contribution in [2.45, 2.75) is 32.7 Å². The maximum Gasteiger partial charge on any atom is 0.251 e. The van der Waals surface area contributed by atoms with Gasteiger partial charge in [0.15, 0.2) is 11.0 Å². The van der Waals surface area contributed by atoms with Crippen molar-refractivity contribution in [3.05, 3.63) is 16.3 Å². The number of carbonyl (C=O) groups is 2. The monoisotopic (exact) mass is 282 g/mol. The fourth-order valence-corrected chi connectivity index (χ4v) is 2.11. The van der Waals surface area contributed by atoms with E-state index in [1.165, 1.54) is 7.05 Å². The second kappa shape index (κ2) is 5.13. The van der Waals surface area contributed by atoms with E-state index in [-0.39, 0.29) is 11.8 Å². The summed E-state index contributed by atoms with van der Waals surface area (Å²) < 4.78 is 0. The largest absolute Gasteiger partial charge is 0.357 e. The van der Waals surface area contributed by atoms with Crippen LogP contribution < -0.4 is 5.32 Å². The van der Waals surface area contributed by atoms with Crippen LogP contribution in [-0.2, 0) is 9.59 Å². The number of imide groups is 1. The zero-order chi connectivity index (χ0) is 14.2. The van der Waals surface area contributed by atoms with Crippen LogP contribution in [0.3, 0.4) is 0 Å². The summed E-state index contributed by atoms with van der Waals surface area (Å²) in [6.45, 7) is 3.70. The van der Waals surface area contributed by atoms with Gasteiger partial charge in [0.25, 0.3) is 5.91 Å². The lowest BCUT2D eigenvalue weighted by molar-refractivity contribution is -0.146. The van der Waals surface area contributed by atoms with E-state index in [4.69, 9.17) is 11.6 Å². The van der Waals surface area contributed by atoms with Gasteiger partial charge in [-0.1, -0.05) is 11.6 Å². The van der Waals surface area contributed by atoms with Crippen molar-refractivity contribution in [1.82, 2.24) is 15.1 Å². The Morgan fingerprint density at radius 3 is 2.63 bits per heavy atom. The Bertz CT molecular complexity index is 547. The fraction of sp³-hybridized carbons (Fsp3) is 0.500. The van der Waals surface area contributed by atoms with Gasteiger partial charge in [0.1, 0.15) is 6.04 Å². The number of hydrogen-bond donors (Lipinski definition) is 1. The molecule has 0 spiro atoms. The van der Waals surface area contributed by atoms with Gasteiger partial charge in [-0.2, -0.15) is 0 Å². The number of likely N-dealkylation sites (N-methyl/N-ethyl adjacent to an activating group) is 1. The van der Waals surface area contributed by atoms with Crippen LogP contribution >= 0.6 is 11.6 Å². The van der Waals surface area contributed by atoms with E-state index >= 15 is 0 Å². The molecule has 0 aromatic carbocycles. The Balaban J connectivity index is 2.20. The summed E-state index contributed by atoms with van der Waals surface area (Å²) in [6, 6.07) is -0.448. The third-order valence-electron chi connectivity index (χ3n) is 3.43. The zero-order valence-electron chi connectivity index (χ0n) is 11.0. The maximum absolute atomic E-state index is 12.0. The van der Waals surface area contributed by atoms with Crippen LogP contribution in [0.25, 0.3) is 0 Å². The first-order valence-electron chi connectivity index (χ1n) is 5.98. The highest BCUT2D eigenvalue weighted by atomic mass is 35.5. The molecule has 0 saturated carbocycles. The molecule has 0 aliphatic carbocycles. The standard InChI is InChI=1S/C12H15ClN4O2/c1-6-7(2)11(16-15-10(6)13)14-8-4-5-9(18)17(3)12(8)19/h8H,4-5H2,1-3H3,(H,14,16). The number of anilines is 1. The number of nitrogens with one attached hydrogen (secondary N) is 1. The van der Waals surface area contributed by atoms with Crippen molar-refractivity contribution in [2.24, 2.45) is 0 Å². The van der Waals surface area contributed by atoms with Crippen LogP contribution in [0.1, 0.15) is 24.0 Å². The average Bonchev–Trinajstić information content (AvgIpc) is 2.39. The number of rotatable bonds is 2. The number of hydrogen-bond acceptors (Lipinski definition) is 5. The van der Waals surface area contributed by atoms with Crippen molar-refractivity contribution >= 4 is 29.2 Å². The Kier molecular flexibility index (Phi) is 3.71. The molecule has 1 aliphatic heterocycles. The van der Waals surface area contributed by atoms with E-state index < -0.39 is 6.04 Å². The summed E-state index contributed by atoms with van der Waals surface area (Å²) in [7, 11) is 1.49. The number of halogens is 1. The van der Waals surface area contributed by atoms with Gasteiger partial charge < -0.3 is 5.32 Å². The highest BCUT2D eigenvalue weighted by Gasteiger charge is 2.32. The normalized spacial score (nSPS) is 19.8. The number of nitrogens with zero attached hydrogens (tertiary/aromatic N) is 3. The molecule has 1 aromatic rings. The summed E-state index contributed by atoms with van der Waals surface area (Å²) in [5, 5.41) is 11.2. The first-order chi connectivity index (χ1) is 8.91. The van der Waals surface area contributed by atoms with E-state index in [1.807, 2.05) is 13.8 Å². The van der Waals surface area contributed by atoms with E-state index in [2.05, 4.69) is 15.5 Å². The summed E-state index contributed by atoms with van der Waals surface area (Å²) in [4.78, 5) is 24.5. The summed E-state index contributed by atoms with van der Waals surface area (Å²) in [6.07, 6.45) is 0.809. The van der Waals surface area contributed by atoms with Crippen LogP contribution in [0, 0.1) is 13.8 Å². The maximum atomic E-state index is 12.0. The molecule has 1 N–H and O–H groups in total.